The third-order valence-electron chi connectivity index (χ3n) is 6.98. The number of alkyl halides is 4. The van der Waals surface area contributed by atoms with Gasteiger partial charge in [0.25, 0.3) is 5.91 Å². The molecular weight excluding hydrogens is 523 g/mol. The van der Waals surface area contributed by atoms with Crippen LogP contribution in [-0.4, -0.2) is 70.1 Å². The van der Waals surface area contributed by atoms with Gasteiger partial charge in [0.15, 0.2) is 17.3 Å². The summed E-state index contributed by atoms with van der Waals surface area (Å²) in [6, 6.07) is 0.0223. The molecule has 3 heterocycles. The molecule has 0 spiro atoms. The van der Waals surface area contributed by atoms with Gasteiger partial charge in [-0.1, -0.05) is 0 Å². The Bertz CT molecular complexity index is 1250. The Balaban J connectivity index is 1.54. The zero-order valence-electron chi connectivity index (χ0n) is 20.6. The lowest BCUT2D eigenvalue weighted by atomic mass is 9.99. The summed E-state index contributed by atoms with van der Waals surface area (Å²) in [5.41, 5.74) is -1.20. The van der Waals surface area contributed by atoms with Crippen LogP contribution in [0.2, 0.25) is 0 Å². The van der Waals surface area contributed by atoms with E-state index in [2.05, 4.69) is 10.3 Å². The molecule has 0 unspecified atom stereocenters. The molecule has 38 heavy (non-hydrogen) atoms. The normalized spacial score (nSPS) is 18.6. The van der Waals surface area contributed by atoms with E-state index in [1.165, 1.54) is 11.9 Å². The van der Waals surface area contributed by atoms with Crippen molar-refractivity contribution in [1.82, 2.24) is 24.7 Å². The van der Waals surface area contributed by atoms with Crippen LogP contribution in [0.25, 0.3) is 0 Å². The summed E-state index contributed by atoms with van der Waals surface area (Å²) in [6.07, 6.45) is -6.44. The highest BCUT2D eigenvalue weighted by Crippen LogP contribution is 2.33. The minimum atomic E-state index is -4.85. The van der Waals surface area contributed by atoms with E-state index < -0.39 is 64.7 Å². The molecule has 2 aromatic rings. The quantitative estimate of drug-likeness (QED) is 0.443. The second-order valence-corrected chi connectivity index (χ2v) is 9.50. The highest BCUT2D eigenvalue weighted by Gasteiger charge is 2.43. The highest BCUT2D eigenvalue weighted by molar-refractivity contribution is 5.94. The third kappa shape index (κ3) is 5.36. The van der Waals surface area contributed by atoms with Crippen molar-refractivity contribution in [2.75, 3.05) is 26.7 Å². The Labute approximate surface area is 213 Å². The van der Waals surface area contributed by atoms with Gasteiger partial charge in [-0.2, -0.15) is 13.2 Å². The number of halogens is 7. The number of amides is 2. The first-order chi connectivity index (χ1) is 17.8. The molecule has 208 valence electrons. The molecule has 1 fully saturated rings. The summed E-state index contributed by atoms with van der Waals surface area (Å²) in [7, 11) is 1.49. The molecule has 0 aliphatic carbocycles. The zero-order chi connectivity index (χ0) is 27.9. The average Bonchev–Trinajstić information content (AvgIpc) is 3.48. The van der Waals surface area contributed by atoms with E-state index in [1.54, 1.807) is 0 Å². The lowest BCUT2D eigenvalue weighted by molar-refractivity contribution is -0.148. The maximum absolute atomic E-state index is 14.5. The molecule has 0 radical (unpaired) electrons. The van der Waals surface area contributed by atoms with Crippen LogP contribution in [-0.2, 0) is 30.5 Å². The maximum atomic E-state index is 14.5. The molecule has 14 heteroatoms. The van der Waals surface area contributed by atoms with E-state index in [4.69, 9.17) is 0 Å². The van der Waals surface area contributed by atoms with E-state index in [1.807, 2.05) is 0 Å². The van der Waals surface area contributed by atoms with Crippen molar-refractivity contribution in [3.63, 3.8) is 0 Å². The van der Waals surface area contributed by atoms with Crippen LogP contribution < -0.4 is 5.32 Å². The number of rotatable bonds is 6. The molecule has 7 nitrogen and oxygen atoms in total. The molecule has 2 atom stereocenters. The van der Waals surface area contributed by atoms with Crippen molar-refractivity contribution in [2.45, 2.75) is 57.7 Å². The second-order valence-electron chi connectivity index (χ2n) is 9.50. The van der Waals surface area contributed by atoms with Gasteiger partial charge >= 0.3 is 6.18 Å². The van der Waals surface area contributed by atoms with E-state index in [9.17, 15) is 40.3 Å². The molecule has 4 rings (SSSR count). The summed E-state index contributed by atoms with van der Waals surface area (Å²) in [4.78, 5) is 31.9. The van der Waals surface area contributed by atoms with Crippen LogP contribution >= 0.6 is 0 Å². The number of benzene rings is 1. The molecular formula is C24H26F7N5O2. The molecule has 1 aromatic carbocycles. The smallest absolute Gasteiger partial charge is 0.335 e. The Morgan fingerprint density at radius 1 is 1.13 bits per heavy atom. The molecule has 0 saturated carbocycles. The Morgan fingerprint density at radius 3 is 2.45 bits per heavy atom. The monoisotopic (exact) mass is 549 g/mol. The molecule has 2 amide bonds. The number of nitrogens with one attached hydrogen (secondary N) is 1. The van der Waals surface area contributed by atoms with Crippen molar-refractivity contribution in [1.29, 1.82) is 0 Å². The van der Waals surface area contributed by atoms with Crippen LogP contribution in [0.1, 0.15) is 46.0 Å². The van der Waals surface area contributed by atoms with Crippen LogP contribution in [0.4, 0.5) is 30.7 Å². The zero-order valence-corrected chi connectivity index (χ0v) is 20.6. The van der Waals surface area contributed by atoms with Gasteiger partial charge < -0.3 is 19.7 Å². The standard InChI is InChI=1S/C24H26F7N5O2/c1-12-19(27)13(8-16(26)20(12)28)7-15(32-2)9-18(37)34-5-6-36-17(11-34)21(33-23(36)24(29,30)31)22(38)35-4-3-14(25)10-35/h8,14-15,32H,3-7,9-11H2,1-2H3/t14-,15-/m1/s1. The van der Waals surface area contributed by atoms with E-state index in [0.717, 1.165) is 22.5 Å². The van der Waals surface area contributed by atoms with Crippen LogP contribution in [0.5, 0.6) is 0 Å². The minimum absolute atomic E-state index is 0.0418. The number of nitrogens with zero attached hydrogens (tertiary/aromatic N) is 4. The number of hydrogen-bond acceptors (Lipinski definition) is 4. The minimum Gasteiger partial charge on any atom is -0.335 e. The van der Waals surface area contributed by atoms with Gasteiger partial charge in [-0.05, 0) is 38.4 Å². The first-order valence-electron chi connectivity index (χ1n) is 12.0. The Morgan fingerprint density at radius 2 is 1.84 bits per heavy atom. The fourth-order valence-electron chi connectivity index (χ4n) is 4.85. The first-order valence-corrected chi connectivity index (χ1v) is 12.0. The fraction of sp³-hybridized carbons (Fsp3) is 0.542. The van der Waals surface area contributed by atoms with Gasteiger partial charge in [-0.15, -0.1) is 0 Å². The molecule has 2 aliphatic heterocycles. The largest absolute Gasteiger partial charge is 0.449 e. The predicted molar refractivity (Wildman–Crippen MR) is 120 cm³/mol. The van der Waals surface area contributed by atoms with Gasteiger partial charge in [0.1, 0.15) is 12.0 Å². The summed E-state index contributed by atoms with van der Waals surface area (Å²) in [6.45, 7) is 0.162. The van der Waals surface area contributed by atoms with Gasteiger partial charge in [0.2, 0.25) is 11.7 Å². The van der Waals surface area contributed by atoms with E-state index >= 15 is 0 Å². The molecule has 1 saturated heterocycles. The Hall–Kier alpha value is -3.16. The summed E-state index contributed by atoms with van der Waals surface area (Å²) in [5.74, 6) is -6.06. The van der Waals surface area contributed by atoms with Crippen LogP contribution in [0.15, 0.2) is 6.07 Å². The summed E-state index contributed by atoms with van der Waals surface area (Å²) >= 11 is 0. The average molecular weight is 549 g/mol. The van der Waals surface area contributed by atoms with E-state index in [0.29, 0.717) is 0 Å². The topological polar surface area (TPSA) is 70.5 Å². The van der Waals surface area contributed by atoms with Gasteiger partial charge in [-0.25, -0.2) is 22.5 Å². The van der Waals surface area contributed by atoms with Gasteiger partial charge in [0, 0.05) is 37.7 Å². The van der Waals surface area contributed by atoms with Gasteiger partial charge in [-0.3, -0.25) is 9.59 Å². The third-order valence-corrected chi connectivity index (χ3v) is 6.98. The number of imidazole rings is 1. The van der Waals surface area contributed by atoms with Crippen molar-refractivity contribution in [2.24, 2.45) is 0 Å². The van der Waals surface area contributed by atoms with Crippen molar-refractivity contribution >= 4 is 11.8 Å². The fourth-order valence-corrected chi connectivity index (χ4v) is 4.85. The van der Waals surface area contributed by atoms with Crippen LogP contribution in [0, 0.1) is 24.4 Å². The van der Waals surface area contributed by atoms with Crippen LogP contribution in [0.3, 0.4) is 0 Å². The predicted octanol–water partition coefficient (Wildman–Crippen LogP) is 3.37. The summed E-state index contributed by atoms with van der Waals surface area (Å²) < 4.78 is 97.4. The molecule has 2 aliphatic rings. The number of carbonyl (C=O) groups excluding carboxylic acids is 2. The second kappa shape index (κ2) is 10.5. The lowest BCUT2D eigenvalue weighted by Crippen LogP contribution is -2.43. The summed E-state index contributed by atoms with van der Waals surface area (Å²) in [5, 5.41) is 2.82. The Kier molecular flexibility index (Phi) is 7.73. The molecule has 0 bridgehead atoms. The van der Waals surface area contributed by atoms with E-state index in [-0.39, 0.29) is 63.2 Å². The molecule has 1 aromatic heterocycles. The number of carbonyl (C=O) groups is 2. The SMILES string of the molecule is CN[C@@H](CC(=O)N1CCn2c(C(F)(F)F)nc(C(=O)N3CC[C@@H](F)C3)c2C1)Cc1cc(F)c(F)c(C)c1F. The number of likely N-dealkylation sites (N-methyl/N-ethyl adjacent to an activating group) is 1. The highest BCUT2D eigenvalue weighted by atomic mass is 19.4. The maximum Gasteiger partial charge on any atom is 0.449 e. The van der Waals surface area contributed by atoms with Crippen molar-refractivity contribution in [3.05, 3.63) is 51.9 Å². The van der Waals surface area contributed by atoms with Gasteiger partial charge in [0.05, 0.1) is 18.8 Å². The first kappa shape index (κ1) is 27.9. The number of aromatic nitrogens is 2. The number of hydrogen-bond donors (Lipinski definition) is 1. The number of fused-ring (bicyclic) bond motifs is 1. The molecule has 1 N–H and O–H groups in total. The van der Waals surface area contributed by atoms with Crippen molar-refractivity contribution < 1.29 is 40.3 Å². The lowest BCUT2D eigenvalue weighted by Gasteiger charge is -2.31. The number of likely N-dealkylation sites (tertiary alicyclic amines) is 1. The van der Waals surface area contributed by atoms with Crippen molar-refractivity contribution in [3.8, 4) is 0 Å².